The summed E-state index contributed by atoms with van der Waals surface area (Å²) in [6.45, 7) is 3.61. The minimum atomic E-state index is -3.83. The maximum Gasteiger partial charge on any atom is 0.337 e. The maximum absolute atomic E-state index is 12.4. The Labute approximate surface area is 139 Å². The molecule has 0 aliphatic rings. The number of carbonyl (C=O) groups is 1. The van der Waals surface area contributed by atoms with Crippen LogP contribution in [0, 0.1) is 0 Å². The zero-order chi connectivity index (χ0) is 17.0. The van der Waals surface area contributed by atoms with E-state index in [0.29, 0.717) is 0 Å². The summed E-state index contributed by atoms with van der Waals surface area (Å²) in [5.74, 6) is -0.586. The van der Waals surface area contributed by atoms with E-state index in [1.165, 1.54) is 37.4 Å². The highest BCUT2D eigenvalue weighted by molar-refractivity contribution is 7.92. The molecule has 0 atom stereocenters. The second-order valence-electron chi connectivity index (χ2n) is 4.56. The lowest BCUT2D eigenvalue weighted by Gasteiger charge is -2.11. The number of halogens is 1. The Bertz CT molecular complexity index is 845. The van der Waals surface area contributed by atoms with Crippen molar-refractivity contribution in [1.82, 2.24) is 0 Å². The van der Waals surface area contributed by atoms with Gasteiger partial charge >= 0.3 is 5.97 Å². The molecule has 7 heteroatoms. The fraction of sp³-hybridized carbons (Fsp3) is 0.0625. The van der Waals surface area contributed by atoms with Crippen molar-refractivity contribution in [3.63, 3.8) is 0 Å². The average Bonchev–Trinajstić information content (AvgIpc) is 2.56. The Hall–Kier alpha value is -2.31. The molecule has 2 aromatic carbocycles. The van der Waals surface area contributed by atoms with Crippen molar-refractivity contribution in [2.75, 3.05) is 11.8 Å². The normalized spacial score (nSPS) is 10.9. The molecule has 0 unspecified atom stereocenters. The summed E-state index contributed by atoms with van der Waals surface area (Å²) in [5, 5.41) is 0.170. The van der Waals surface area contributed by atoms with Gasteiger partial charge in [-0.3, -0.25) is 4.72 Å². The van der Waals surface area contributed by atoms with Crippen LogP contribution in [0.1, 0.15) is 15.9 Å². The van der Waals surface area contributed by atoms with Crippen molar-refractivity contribution in [1.29, 1.82) is 0 Å². The van der Waals surface area contributed by atoms with Crippen molar-refractivity contribution in [2.45, 2.75) is 4.90 Å². The number of esters is 1. The van der Waals surface area contributed by atoms with Gasteiger partial charge in [-0.2, -0.15) is 0 Å². The van der Waals surface area contributed by atoms with E-state index in [2.05, 4.69) is 16.0 Å². The van der Waals surface area contributed by atoms with Gasteiger partial charge in [-0.1, -0.05) is 36.4 Å². The number of benzene rings is 2. The van der Waals surface area contributed by atoms with E-state index in [0.717, 1.165) is 5.56 Å². The molecule has 0 saturated heterocycles. The first-order valence-corrected chi connectivity index (χ1v) is 8.36. The highest BCUT2D eigenvalue weighted by Crippen LogP contribution is 2.26. The fourth-order valence-electron chi connectivity index (χ4n) is 1.84. The number of methoxy groups -OCH3 is 1. The summed E-state index contributed by atoms with van der Waals surface area (Å²) in [4.78, 5) is 11.6. The molecule has 2 aromatic rings. The topological polar surface area (TPSA) is 72.5 Å². The lowest BCUT2D eigenvalue weighted by atomic mass is 10.2. The summed E-state index contributed by atoms with van der Waals surface area (Å²) in [5.41, 5.74) is 1.09. The van der Waals surface area contributed by atoms with E-state index in [1.54, 1.807) is 18.2 Å². The predicted octanol–water partition coefficient (Wildman–Crippen LogP) is 3.57. The molecule has 23 heavy (non-hydrogen) atoms. The van der Waals surface area contributed by atoms with E-state index in [1.807, 2.05) is 0 Å². The van der Waals surface area contributed by atoms with Crippen LogP contribution in [0.4, 0.5) is 5.69 Å². The third-order valence-corrected chi connectivity index (χ3v) is 4.77. The zero-order valence-corrected chi connectivity index (χ0v) is 13.8. The number of anilines is 1. The van der Waals surface area contributed by atoms with Gasteiger partial charge < -0.3 is 4.74 Å². The van der Waals surface area contributed by atoms with Crippen LogP contribution in [0.25, 0.3) is 6.08 Å². The molecule has 5 nitrogen and oxygen atoms in total. The highest BCUT2D eigenvalue weighted by atomic mass is 35.5. The van der Waals surface area contributed by atoms with Gasteiger partial charge in [0.2, 0.25) is 0 Å². The second kappa shape index (κ2) is 6.85. The molecular formula is C16H14ClNO4S. The summed E-state index contributed by atoms with van der Waals surface area (Å²) >= 11 is 5.99. The van der Waals surface area contributed by atoms with Gasteiger partial charge in [0.1, 0.15) is 0 Å². The Balaban J connectivity index is 2.36. The molecule has 0 spiro atoms. The van der Waals surface area contributed by atoms with Gasteiger partial charge in [0.25, 0.3) is 10.0 Å². The quantitative estimate of drug-likeness (QED) is 0.836. The number of sulfonamides is 1. The number of rotatable bonds is 5. The number of hydrogen-bond donors (Lipinski definition) is 1. The molecule has 1 N–H and O–H groups in total. The van der Waals surface area contributed by atoms with Gasteiger partial charge in [-0.15, -0.1) is 0 Å². The molecule has 120 valence electrons. The van der Waals surface area contributed by atoms with Gasteiger partial charge in [0.05, 0.1) is 28.3 Å². The number of nitrogens with one attached hydrogen (secondary N) is 1. The maximum atomic E-state index is 12.4. The van der Waals surface area contributed by atoms with E-state index in [-0.39, 0.29) is 21.2 Å². The molecule has 2 rings (SSSR count). The molecule has 0 aliphatic carbocycles. The molecule has 0 aliphatic heterocycles. The lowest BCUT2D eigenvalue weighted by Crippen LogP contribution is -2.14. The lowest BCUT2D eigenvalue weighted by molar-refractivity contribution is 0.0601. The van der Waals surface area contributed by atoms with Crippen LogP contribution in [-0.2, 0) is 14.8 Å². The Kier molecular flexibility index (Phi) is 5.08. The van der Waals surface area contributed by atoms with Crippen LogP contribution in [0.5, 0.6) is 0 Å². The van der Waals surface area contributed by atoms with Crippen LogP contribution in [0.15, 0.2) is 53.9 Å². The smallest absolute Gasteiger partial charge is 0.337 e. The van der Waals surface area contributed by atoms with Crippen LogP contribution < -0.4 is 4.72 Å². The summed E-state index contributed by atoms with van der Waals surface area (Å²) in [7, 11) is -2.59. The van der Waals surface area contributed by atoms with Crippen molar-refractivity contribution in [3.05, 3.63) is 65.2 Å². The number of hydrogen-bond acceptors (Lipinski definition) is 4. The summed E-state index contributed by atoms with van der Waals surface area (Å²) < 4.78 is 31.8. The minimum absolute atomic E-state index is 0.0719. The molecule has 0 aromatic heterocycles. The molecule has 0 radical (unpaired) electrons. The minimum Gasteiger partial charge on any atom is -0.465 e. The van der Waals surface area contributed by atoms with E-state index >= 15 is 0 Å². The van der Waals surface area contributed by atoms with Gasteiger partial charge in [0.15, 0.2) is 0 Å². The Morgan fingerprint density at radius 1 is 1.22 bits per heavy atom. The van der Waals surface area contributed by atoms with Gasteiger partial charge in [-0.25, -0.2) is 13.2 Å². The molecular weight excluding hydrogens is 338 g/mol. The SMILES string of the molecule is C=Cc1ccc(S(=O)(=O)Nc2cc(C(=O)OC)ccc2Cl)cc1. The number of carbonyl (C=O) groups excluding carboxylic acids is 1. The Morgan fingerprint density at radius 2 is 1.87 bits per heavy atom. The molecule has 0 bridgehead atoms. The third kappa shape index (κ3) is 3.91. The third-order valence-electron chi connectivity index (χ3n) is 3.06. The van der Waals surface area contributed by atoms with E-state index in [9.17, 15) is 13.2 Å². The molecule has 0 saturated carbocycles. The zero-order valence-electron chi connectivity index (χ0n) is 12.2. The molecule has 0 heterocycles. The van der Waals surface area contributed by atoms with E-state index in [4.69, 9.17) is 11.6 Å². The van der Waals surface area contributed by atoms with Crippen LogP contribution in [0.3, 0.4) is 0 Å². The first-order valence-electron chi connectivity index (χ1n) is 6.50. The van der Waals surface area contributed by atoms with Crippen molar-refractivity contribution in [2.24, 2.45) is 0 Å². The predicted molar refractivity (Wildman–Crippen MR) is 90.1 cm³/mol. The number of ether oxygens (including phenoxy) is 1. The second-order valence-corrected chi connectivity index (χ2v) is 6.65. The Morgan fingerprint density at radius 3 is 2.43 bits per heavy atom. The first-order chi connectivity index (χ1) is 10.9. The molecule has 0 fully saturated rings. The van der Waals surface area contributed by atoms with Gasteiger partial charge in [0, 0.05) is 0 Å². The average molecular weight is 352 g/mol. The van der Waals surface area contributed by atoms with Crippen LogP contribution in [0.2, 0.25) is 5.02 Å². The summed E-state index contributed by atoms with van der Waals surface area (Å²) in [6, 6.07) is 10.4. The van der Waals surface area contributed by atoms with Crippen molar-refractivity contribution < 1.29 is 17.9 Å². The van der Waals surface area contributed by atoms with Crippen molar-refractivity contribution >= 4 is 39.4 Å². The monoisotopic (exact) mass is 351 g/mol. The van der Waals surface area contributed by atoms with Crippen molar-refractivity contribution in [3.8, 4) is 0 Å². The van der Waals surface area contributed by atoms with Crippen LogP contribution >= 0.6 is 11.6 Å². The van der Waals surface area contributed by atoms with Crippen LogP contribution in [-0.4, -0.2) is 21.5 Å². The largest absolute Gasteiger partial charge is 0.465 e. The van der Waals surface area contributed by atoms with E-state index < -0.39 is 16.0 Å². The van der Waals surface area contributed by atoms with Gasteiger partial charge in [-0.05, 0) is 35.9 Å². The highest BCUT2D eigenvalue weighted by Gasteiger charge is 2.17. The molecule has 0 amide bonds. The summed E-state index contributed by atoms with van der Waals surface area (Å²) in [6.07, 6.45) is 1.61. The fourth-order valence-corrected chi connectivity index (χ4v) is 3.13. The standard InChI is InChI=1S/C16H14ClNO4S/c1-3-11-4-7-13(8-5-11)23(20,21)18-15-10-12(16(19)22-2)6-9-14(15)17/h3-10,18H,1H2,2H3. The first kappa shape index (κ1) is 17.1.